The molecule has 0 bridgehead atoms. The molecule has 11 nitrogen and oxygen atoms in total. The lowest BCUT2D eigenvalue weighted by molar-refractivity contribution is 0.100. The highest BCUT2D eigenvalue weighted by Crippen LogP contribution is 2.15. The van der Waals surface area contributed by atoms with Crippen molar-refractivity contribution in [3.63, 3.8) is 0 Å². The fourth-order valence-electron chi connectivity index (χ4n) is 3.43. The van der Waals surface area contributed by atoms with Crippen LogP contribution in [0.15, 0.2) is 63.1 Å². The molecule has 0 saturated carbocycles. The second-order valence-electron chi connectivity index (χ2n) is 8.25. The number of nitrogens with one attached hydrogen (secondary N) is 3. The van der Waals surface area contributed by atoms with Gasteiger partial charge in [-0.2, -0.15) is 0 Å². The molecule has 3 rings (SSSR count). The average molecular weight is 547 g/mol. The highest BCUT2D eigenvalue weighted by Gasteiger charge is 2.18. The summed E-state index contributed by atoms with van der Waals surface area (Å²) in [4.78, 5) is 41.7. The lowest BCUT2D eigenvalue weighted by Crippen LogP contribution is -2.26. The molecule has 3 aromatic rings. The Hall–Kier alpha value is -3.68. The smallest absolute Gasteiger partial charge is 0.264 e. The number of benzene rings is 2. The maximum atomic E-state index is 12.6. The zero-order valence-corrected chi connectivity index (χ0v) is 22.0. The molecule has 0 aliphatic rings. The maximum Gasteiger partial charge on any atom is 0.264 e. The Morgan fingerprint density at radius 3 is 1.78 bits per heavy atom. The monoisotopic (exact) mass is 546 g/mol. The van der Waals surface area contributed by atoms with Crippen LogP contribution in [0, 0.1) is 6.92 Å². The Labute approximate surface area is 214 Å². The maximum absolute atomic E-state index is 12.6. The van der Waals surface area contributed by atoms with E-state index in [0.717, 1.165) is 0 Å². The number of aromatic nitrogens is 2. The molecule has 0 aliphatic carbocycles. The Kier molecular flexibility index (Phi) is 8.41. The Morgan fingerprint density at radius 1 is 0.838 bits per heavy atom. The molecule has 0 amide bonds. The fourth-order valence-corrected chi connectivity index (χ4v) is 5.47. The van der Waals surface area contributed by atoms with Gasteiger partial charge < -0.3 is 0 Å². The van der Waals surface area contributed by atoms with Gasteiger partial charge in [0.2, 0.25) is 16.0 Å². The third kappa shape index (κ3) is 6.96. The molecule has 0 unspecified atom stereocenters. The number of carbonyl (C=O) groups excluding carboxylic acids is 2. The van der Waals surface area contributed by atoms with Crippen LogP contribution in [0.4, 0.5) is 5.95 Å². The molecule has 1 aromatic heterocycles. The van der Waals surface area contributed by atoms with Crippen molar-refractivity contribution < 1.29 is 26.4 Å². The van der Waals surface area contributed by atoms with Crippen LogP contribution in [0.2, 0.25) is 0 Å². The van der Waals surface area contributed by atoms with E-state index in [9.17, 15) is 31.2 Å². The number of aryl methyl sites for hydroxylation is 1. The molecular weight excluding hydrogens is 520 g/mol. The number of carbonyl (C=O) groups is 2. The Morgan fingerprint density at radius 2 is 1.32 bits per heavy atom. The van der Waals surface area contributed by atoms with Crippen LogP contribution in [0.1, 0.15) is 52.2 Å². The summed E-state index contributed by atoms with van der Waals surface area (Å²) in [6.07, 6.45) is 0.476. The van der Waals surface area contributed by atoms with Crippen LogP contribution < -0.4 is 15.0 Å². The predicted octanol–water partition coefficient (Wildman–Crippen LogP) is 2.20. The summed E-state index contributed by atoms with van der Waals surface area (Å²) < 4.78 is 54.8. The number of Topliss-reactive ketones (excluding diaryl/α,β-unsaturated/α-hetero) is 2. The summed E-state index contributed by atoms with van der Waals surface area (Å²) >= 11 is 0. The summed E-state index contributed by atoms with van der Waals surface area (Å²) in [5.41, 5.74) is 0.784. The Bertz CT molecular complexity index is 1590. The van der Waals surface area contributed by atoms with Gasteiger partial charge in [0.05, 0.1) is 9.79 Å². The first-order chi connectivity index (χ1) is 17.3. The summed E-state index contributed by atoms with van der Waals surface area (Å²) in [6.45, 7) is 4.34. The topological polar surface area (TPSA) is 172 Å². The van der Waals surface area contributed by atoms with E-state index in [1.54, 1.807) is 6.92 Å². The molecule has 37 heavy (non-hydrogen) atoms. The average Bonchev–Trinajstić information content (AvgIpc) is 2.83. The SMILES string of the molecule is CC(=O)c1ccc(S(=O)(=O)NCCCc2c(C)nc(NS(=O)(=O)c3ccc(C(C)=O)cc3)[nH]c2=O)cc1. The largest absolute Gasteiger partial charge is 0.295 e. The fraction of sp³-hybridized carbons (Fsp3) is 0.250. The van der Waals surface area contributed by atoms with Gasteiger partial charge >= 0.3 is 0 Å². The molecular formula is C24H26N4O7S2. The molecule has 0 spiro atoms. The van der Waals surface area contributed by atoms with Gasteiger partial charge in [-0.3, -0.25) is 19.4 Å². The molecule has 196 valence electrons. The normalized spacial score (nSPS) is 11.8. The van der Waals surface area contributed by atoms with Crippen LogP contribution in [0.5, 0.6) is 0 Å². The van der Waals surface area contributed by atoms with E-state index < -0.39 is 25.6 Å². The summed E-state index contributed by atoms with van der Waals surface area (Å²) in [6, 6.07) is 10.9. The first-order valence-corrected chi connectivity index (χ1v) is 14.1. The van der Waals surface area contributed by atoms with E-state index in [-0.39, 0.29) is 52.4 Å². The van der Waals surface area contributed by atoms with Crippen molar-refractivity contribution in [3.05, 3.63) is 81.3 Å². The van der Waals surface area contributed by atoms with Crippen LogP contribution in [-0.4, -0.2) is 44.9 Å². The van der Waals surface area contributed by atoms with Crippen molar-refractivity contribution in [3.8, 4) is 0 Å². The number of H-pyrrole nitrogens is 1. The highest BCUT2D eigenvalue weighted by atomic mass is 32.2. The number of hydrogen-bond acceptors (Lipinski definition) is 8. The van der Waals surface area contributed by atoms with E-state index >= 15 is 0 Å². The van der Waals surface area contributed by atoms with Crippen LogP contribution in [0.25, 0.3) is 0 Å². The molecule has 3 N–H and O–H groups in total. The van der Waals surface area contributed by atoms with E-state index in [4.69, 9.17) is 0 Å². The summed E-state index contributed by atoms with van der Waals surface area (Å²) in [5, 5.41) is 0. The van der Waals surface area contributed by atoms with Gasteiger partial charge in [-0.05, 0) is 57.9 Å². The highest BCUT2D eigenvalue weighted by molar-refractivity contribution is 7.92. The standard InChI is InChI=1S/C24H26N4O7S2/c1-15-22(5-4-14-25-36(32,33)20-10-6-18(7-11-20)16(2)29)23(31)27-24(26-15)28-37(34,35)21-12-8-19(9-13-21)17(3)30/h6-13,25H,4-5,14H2,1-3H3,(H2,26,27,28,31). The second-order valence-corrected chi connectivity index (χ2v) is 11.7. The van der Waals surface area contributed by atoms with Crippen molar-refractivity contribution >= 4 is 37.6 Å². The third-order valence-electron chi connectivity index (χ3n) is 5.49. The third-order valence-corrected chi connectivity index (χ3v) is 8.32. The first kappa shape index (κ1) is 27.9. The van der Waals surface area contributed by atoms with Gasteiger partial charge in [0.1, 0.15) is 0 Å². The number of hydrogen-bond donors (Lipinski definition) is 3. The minimum absolute atomic E-state index is 0.0146. The second kappa shape index (κ2) is 11.2. The van der Waals surface area contributed by atoms with Gasteiger partial charge in [0, 0.05) is 28.9 Å². The number of nitrogens with zero attached hydrogens (tertiary/aromatic N) is 1. The summed E-state index contributed by atoms with van der Waals surface area (Å²) in [5.74, 6) is -0.643. The number of rotatable bonds is 11. The molecule has 2 aromatic carbocycles. The van der Waals surface area contributed by atoms with Crippen molar-refractivity contribution in [2.24, 2.45) is 0 Å². The van der Waals surface area contributed by atoms with Crippen molar-refractivity contribution in [1.29, 1.82) is 0 Å². The van der Waals surface area contributed by atoms with Crippen LogP contribution in [0.3, 0.4) is 0 Å². The first-order valence-electron chi connectivity index (χ1n) is 11.1. The molecule has 0 saturated heterocycles. The van der Waals surface area contributed by atoms with E-state index in [2.05, 4.69) is 19.4 Å². The zero-order chi connectivity index (χ0) is 27.4. The molecule has 0 radical (unpaired) electrons. The van der Waals surface area contributed by atoms with E-state index in [1.165, 1.54) is 62.4 Å². The minimum atomic E-state index is -4.06. The van der Waals surface area contributed by atoms with Gasteiger partial charge in [-0.1, -0.05) is 24.3 Å². The molecule has 0 fully saturated rings. The molecule has 1 heterocycles. The van der Waals surface area contributed by atoms with Gasteiger partial charge in [-0.25, -0.2) is 31.3 Å². The lowest BCUT2D eigenvalue weighted by atomic mass is 10.1. The molecule has 0 aliphatic heterocycles. The van der Waals surface area contributed by atoms with E-state index in [0.29, 0.717) is 16.7 Å². The molecule has 13 heteroatoms. The van der Waals surface area contributed by atoms with Crippen molar-refractivity contribution in [2.45, 2.75) is 43.4 Å². The van der Waals surface area contributed by atoms with Crippen molar-refractivity contribution in [2.75, 3.05) is 11.3 Å². The number of anilines is 1. The summed E-state index contributed by atoms with van der Waals surface area (Å²) in [7, 11) is -7.86. The Balaban J connectivity index is 1.63. The predicted molar refractivity (Wildman–Crippen MR) is 137 cm³/mol. The van der Waals surface area contributed by atoms with Gasteiger partial charge in [-0.15, -0.1) is 0 Å². The van der Waals surface area contributed by atoms with Gasteiger partial charge in [0.15, 0.2) is 11.6 Å². The van der Waals surface area contributed by atoms with Crippen LogP contribution >= 0.6 is 0 Å². The van der Waals surface area contributed by atoms with Crippen LogP contribution in [-0.2, 0) is 26.5 Å². The number of ketones is 2. The van der Waals surface area contributed by atoms with Gasteiger partial charge in [0.25, 0.3) is 15.6 Å². The minimum Gasteiger partial charge on any atom is -0.295 e. The zero-order valence-electron chi connectivity index (χ0n) is 20.4. The lowest BCUT2D eigenvalue weighted by Gasteiger charge is -2.11. The molecule has 0 atom stereocenters. The van der Waals surface area contributed by atoms with E-state index in [1.807, 2.05) is 0 Å². The quantitative estimate of drug-likeness (QED) is 0.242. The number of sulfonamides is 2. The number of aromatic amines is 1. The van der Waals surface area contributed by atoms with Crippen molar-refractivity contribution in [1.82, 2.24) is 14.7 Å².